The van der Waals surface area contributed by atoms with Crippen molar-refractivity contribution in [2.24, 2.45) is 0 Å². The lowest BCUT2D eigenvalue weighted by molar-refractivity contribution is 0.0694. The topological polar surface area (TPSA) is 91.6 Å². The Hall–Kier alpha value is -2.93. The number of hydrogen-bond donors (Lipinski definition) is 2. The van der Waals surface area contributed by atoms with Crippen molar-refractivity contribution in [3.63, 3.8) is 0 Å². The van der Waals surface area contributed by atoms with Crippen LogP contribution in [0.25, 0.3) is 0 Å². The van der Waals surface area contributed by atoms with Crippen LogP contribution in [0.15, 0.2) is 47.5 Å². The number of pyridine rings is 1. The molecule has 1 aromatic carbocycles. The van der Waals surface area contributed by atoms with Gasteiger partial charge in [-0.25, -0.2) is 4.79 Å². The Balaban J connectivity index is 2.23. The second kappa shape index (κ2) is 8.96. The van der Waals surface area contributed by atoms with E-state index in [4.69, 9.17) is 0 Å². The number of aryl methyl sites for hydroxylation is 2. The molecule has 2 N–H and O–H groups in total. The number of nitrogens with zero attached hydrogens (tertiary/aromatic N) is 2. The fourth-order valence-electron chi connectivity index (χ4n) is 2.47. The minimum Gasteiger partial charge on any atom is -0.477 e. The highest BCUT2D eigenvalue weighted by molar-refractivity contribution is 5.96. The minimum atomic E-state index is -1.34. The first-order valence-corrected chi connectivity index (χ1v) is 8.32. The van der Waals surface area contributed by atoms with Crippen molar-refractivity contribution < 1.29 is 14.7 Å². The zero-order chi connectivity index (χ0) is 19.1. The molecular formula is C19H23N3O4. The first kappa shape index (κ1) is 19.4. The quantitative estimate of drug-likeness (QED) is 0.738. The second-order valence-electron chi connectivity index (χ2n) is 6.25. The summed E-state index contributed by atoms with van der Waals surface area (Å²) in [6, 6.07) is 9.70. The van der Waals surface area contributed by atoms with Gasteiger partial charge in [0, 0.05) is 32.0 Å². The fraction of sp³-hybridized carbons (Fsp3) is 0.316. The third-order valence-corrected chi connectivity index (χ3v) is 3.90. The molecule has 0 aliphatic heterocycles. The molecule has 0 saturated heterocycles. The van der Waals surface area contributed by atoms with Gasteiger partial charge in [-0.1, -0.05) is 30.3 Å². The molecule has 1 amide bonds. The first-order valence-electron chi connectivity index (χ1n) is 8.32. The molecule has 7 nitrogen and oxygen atoms in total. The number of hydrogen-bond acceptors (Lipinski definition) is 4. The summed E-state index contributed by atoms with van der Waals surface area (Å²) in [4.78, 5) is 37.9. The fourth-order valence-corrected chi connectivity index (χ4v) is 2.47. The molecule has 2 aromatic rings. The van der Waals surface area contributed by atoms with Crippen LogP contribution in [0.1, 0.15) is 26.3 Å². The van der Waals surface area contributed by atoms with Gasteiger partial charge in [-0.15, -0.1) is 0 Å². The molecule has 7 heteroatoms. The number of benzene rings is 1. The van der Waals surface area contributed by atoms with Crippen molar-refractivity contribution in [1.82, 2.24) is 14.8 Å². The Morgan fingerprint density at radius 3 is 2.38 bits per heavy atom. The lowest BCUT2D eigenvalue weighted by atomic mass is 10.1. The molecule has 0 saturated carbocycles. The van der Waals surface area contributed by atoms with Crippen LogP contribution in [0.2, 0.25) is 0 Å². The van der Waals surface area contributed by atoms with E-state index in [9.17, 15) is 19.5 Å². The molecule has 1 aromatic heterocycles. The van der Waals surface area contributed by atoms with E-state index in [0.29, 0.717) is 26.1 Å². The summed E-state index contributed by atoms with van der Waals surface area (Å²) in [5.41, 5.74) is -0.245. The number of amides is 1. The maximum absolute atomic E-state index is 12.3. The van der Waals surface area contributed by atoms with Crippen molar-refractivity contribution in [2.75, 3.05) is 27.2 Å². The van der Waals surface area contributed by atoms with Gasteiger partial charge in [0.25, 0.3) is 5.91 Å². The predicted molar refractivity (Wildman–Crippen MR) is 98.7 cm³/mol. The zero-order valence-electron chi connectivity index (χ0n) is 14.9. The Kier molecular flexibility index (Phi) is 6.68. The summed E-state index contributed by atoms with van der Waals surface area (Å²) in [5.74, 6) is -1.90. The lowest BCUT2D eigenvalue weighted by Crippen LogP contribution is -2.35. The molecule has 0 unspecified atom stereocenters. The lowest BCUT2D eigenvalue weighted by Gasteiger charge is -2.13. The van der Waals surface area contributed by atoms with Crippen molar-refractivity contribution in [2.45, 2.75) is 13.0 Å². The van der Waals surface area contributed by atoms with Crippen molar-refractivity contribution in [1.29, 1.82) is 0 Å². The molecule has 0 radical (unpaired) electrons. The third-order valence-electron chi connectivity index (χ3n) is 3.90. The summed E-state index contributed by atoms with van der Waals surface area (Å²) in [5, 5.41) is 11.9. The molecule has 2 rings (SSSR count). The molecule has 1 heterocycles. The average molecular weight is 357 g/mol. The van der Waals surface area contributed by atoms with Gasteiger partial charge in [0.15, 0.2) is 0 Å². The van der Waals surface area contributed by atoms with E-state index in [1.165, 1.54) is 12.4 Å². The maximum Gasteiger partial charge on any atom is 0.341 e. The third kappa shape index (κ3) is 5.29. The van der Waals surface area contributed by atoms with E-state index in [-0.39, 0.29) is 5.56 Å². The predicted octanol–water partition coefficient (Wildman–Crippen LogP) is 1.08. The number of nitrogens with one attached hydrogen (secondary N) is 1. The van der Waals surface area contributed by atoms with E-state index >= 15 is 0 Å². The Bertz CT molecular complexity index is 828. The maximum atomic E-state index is 12.3. The second-order valence-corrected chi connectivity index (χ2v) is 6.25. The first-order chi connectivity index (χ1) is 12.4. The van der Waals surface area contributed by atoms with Gasteiger partial charge in [0.05, 0.1) is 0 Å². The highest BCUT2D eigenvalue weighted by atomic mass is 16.4. The number of carbonyl (C=O) groups excluding carboxylic acids is 1. The minimum absolute atomic E-state index is 0.156. The summed E-state index contributed by atoms with van der Waals surface area (Å²) in [7, 11) is 3.74. The van der Waals surface area contributed by atoms with Crippen molar-refractivity contribution >= 4 is 11.9 Å². The van der Waals surface area contributed by atoms with Crippen LogP contribution in [0.3, 0.4) is 0 Å². The number of carboxylic acid groups (broad SMARTS) is 1. The van der Waals surface area contributed by atoms with Gasteiger partial charge in [-0.2, -0.15) is 0 Å². The molecule has 0 atom stereocenters. The zero-order valence-corrected chi connectivity index (χ0v) is 14.9. The van der Waals surface area contributed by atoms with Crippen LogP contribution in [0, 0.1) is 0 Å². The summed E-state index contributed by atoms with van der Waals surface area (Å²) in [6.07, 6.45) is 3.36. The van der Waals surface area contributed by atoms with E-state index < -0.39 is 22.9 Å². The molecule has 138 valence electrons. The highest BCUT2D eigenvalue weighted by Crippen LogP contribution is 2.05. The number of carbonyl (C=O) groups is 2. The number of carboxylic acids is 1. The summed E-state index contributed by atoms with van der Waals surface area (Å²) < 4.78 is 1.58. The molecule has 0 bridgehead atoms. The highest BCUT2D eigenvalue weighted by Gasteiger charge is 2.18. The number of rotatable bonds is 8. The number of aromatic carboxylic acids is 1. The van der Waals surface area contributed by atoms with Crippen LogP contribution >= 0.6 is 0 Å². The molecule has 0 aliphatic rings. The largest absolute Gasteiger partial charge is 0.477 e. The summed E-state index contributed by atoms with van der Waals surface area (Å²) >= 11 is 0. The number of aromatic nitrogens is 1. The molecule has 26 heavy (non-hydrogen) atoms. The molecule has 0 spiro atoms. The standard InChI is InChI=1S/C19H23N3O4/c1-21(2)11-9-20-18(24)15-12-22(13-16(17(15)23)19(25)26)10-8-14-6-4-3-5-7-14/h3-7,12-13H,8-11H2,1-2H3,(H,20,24)(H,25,26). The average Bonchev–Trinajstić information content (AvgIpc) is 2.61. The van der Waals surface area contributed by atoms with Crippen LogP contribution in [-0.4, -0.2) is 53.6 Å². The van der Waals surface area contributed by atoms with Gasteiger partial charge < -0.3 is 19.9 Å². The normalized spacial score (nSPS) is 10.7. The molecule has 0 fully saturated rings. The Morgan fingerprint density at radius 1 is 1.12 bits per heavy atom. The van der Waals surface area contributed by atoms with Crippen LogP contribution in [0.5, 0.6) is 0 Å². The summed E-state index contributed by atoms with van der Waals surface area (Å²) in [6.45, 7) is 1.45. The van der Waals surface area contributed by atoms with E-state index in [0.717, 1.165) is 5.56 Å². The molecule has 0 aliphatic carbocycles. The Morgan fingerprint density at radius 2 is 1.77 bits per heavy atom. The van der Waals surface area contributed by atoms with Crippen LogP contribution in [-0.2, 0) is 13.0 Å². The van der Waals surface area contributed by atoms with Crippen molar-refractivity contribution in [3.05, 3.63) is 69.6 Å². The van der Waals surface area contributed by atoms with E-state index in [1.54, 1.807) is 4.57 Å². The Labute approximate surface area is 151 Å². The van der Waals surface area contributed by atoms with Gasteiger partial charge in [0.1, 0.15) is 11.1 Å². The van der Waals surface area contributed by atoms with Gasteiger partial charge in [-0.3, -0.25) is 9.59 Å². The number of likely N-dealkylation sites (N-methyl/N-ethyl adjacent to an activating group) is 1. The SMILES string of the molecule is CN(C)CCNC(=O)c1cn(CCc2ccccc2)cc(C(=O)O)c1=O. The van der Waals surface area contributed by atoms with Gasteiger partial charge in [0.2, 0.25) is 5.43 Å². The van der Waals surface area contributed by atoms with E-state index in [2.05, 4.69) is 5.32 Å². The van der Waals surface area contributed by atoms with Crippen LogP contribution < -0.4 is 10.7 Å². The smallest absolute Gasteiger partial charge is 0.341 e. The van der Waals surface area contributed by atoms with Gasteiger partial charge >= 0.3 is 5.97 Å². The van der Waals surface area contributed by atoms with Crippen molar-refractivity contribution in [3.8, 4) is 0 Å². The van der Waals surface area contributed by atoms with Gasteiger partial charge in [-0.05, 0) is 26.1 Å². The molecular weight excluding hydrogens is 334 g/mol. The van der Waals surface area contributed by atoms with Crippen LogP contribution in [0.4, 0.5) is 0 Å². The van der Waals surface area contributed by atoms with E-state index in [1.807, 2.05) is 49.3 Å². The monoisotopic (exact) mass is 357 g/mol.